The Bertz CT molecular complexity index is 336. The van der Waals surface area contributed by atoms with E-state index in [1.807, 2.05) is 0 Å². The molecule has 15 heavy (non-hydrogen) atoms. The van der Waals surface area contributed by atoms with Crippen LogP contribution in [0.25, 0.3) is 0 Å². The number of hydrogen-bond acceptors (Lipinski definition) is 3. The van der Waals surface area contributed by atoms with Crippen molar-refractivity contribution in [3.05, 3.63) is 24.3 Å². The van der Waals surface area contributed by atoms with E-state index in [4.69, 9.17) is 5.11 Å². The van der Waals surface area contributed by atoms with Crippen LogP contribution in [0.1, 0.15) is 37.4 Å². The molecule has 0 bridgehead atoms. The summed E-state index contributed by atoms with van der Waals surface area (Å²) in [5, 5.41) is 8.86. The minimum atomic E-state index is -0.764. The first-order valence-electron chi connectivity index (χ1n) is 5.26. The lowest BCUT2D eigenvalue weighted by molar-refractivity contribution is -0.138. The van der Waals surface area contributed by atoms with E-state index in [1.165, 1.54) is 6.42 Å². The van der Waals surface area contributed by atoms with Gasteiger partial charge in [0.2, 0.25) is 0 Å². The molecule has 0 amide bonds. The number of aliphatic carboxylic acids is 1. The Balaban J connectivity index is 2.14. The molecule has 1 saturated carbocycles. The third-order valence-electron chi connectivity index (χ3n) is 3.03. The van der Waals surface area contributed by atoms with Crippen LogP contribution in [-0.4, -0.2) is 21.0 Å². The Morgan fingerprint density at radius 1 is 1.47 bits per heavy atom. The minimum Gasteiger partial charge on any atom is -0.481 e. The molecule has 4 heteroatoms. The summed E-state index contributed by atoms with van der Waals surface area (Å²) in [6.07, 6.45) is 6.92. The maximum atomic E-state index is 10.8. The first-order chi connectivity index (χ1) is 7.27. The summed E-state index contributed by atoms with van der Waals surface area (Å²) in [7, 11) is 0. The number of aromatic nitrogens is 2. The molecule has 1 unspecified atom stereocenters. The van der Waals surface area contributed by atoms with Crippen LogP contribution < -0.4 is 0 Å². The largest absolute Gasteiger partial charge is 0.481 e. The Labute approximate surface area is 88.4 Å². The van der Waals surface area contributed by atoms with E-state index in [9.17, 15) is 4.79 Å². The SMILES string of the molecule is O=C(O)CC(c1ncccn1)C1CCC1. The van der Waals surface area contributed by atoms with Crippen LogP contribution in [0.4, 0.5) is 0 Å². The zero-order valence-electron chi connectivity index (χ0n) is 8.47. The Morgan fingerprint density at radius 2 is 2.13 bits per heavy atom. The van der Waals surface area contributed by atoms with Gasteiger partial charge in [0.1, 0.15) is 5.82 Å². The summed E-state index contributed by atoms with van der Waals surface area (Å²) >= 11 is 0. The molecule has 4 nitrogen and oxygen atoms in total. The van der Waals surface area contributed by atoms with Gasteiger partial charge in [0.05, 0.1) is 6.42 Å². The van der Waals surface area contributed by atoms with Crippen LogP contribution in [0, 0.1) is 5.92 Å². The molecule has 1 heterocycles. The predicted octanol–water partition coefficient (Wildman–Crippen LogP) is 1.83. The molecule has 1 aliphatic carbocycles. The molecule has 0 aromatic carbocycles. The topological polar surface area (TPSA) is 63.1 Å². The van der Waals surface area contributed by atoms with Gasteiger partial charge in [-0.15, -0.1) is 0 Å². The van der Waals surface area contributed by atoms with E-state index in [0.717, 1.165) is 12.8 Å². The second-order valence-electron chi connectivity index (χ2n) is 4.00. The van der Waals surface area contributed by atoms with Gasteiger partial charge in [-0.05, 0) is 24.8 Å². The summed E-state index contributed by atoms with van der Waals surface area (Å²) in [5.74, 6) is 0.380. The molecule has 1 aromatic rings. The maximum absolute atomic E-state index is 10.8. The van der Waals surface area contributed by atoms with Gasteiger partial charge in [-0.2, -0.15) is 0 Å². The molecule has 0 spiro atoms. The van der Waals surface area contributed by atoms with Crippen molar-refractivity contribution in [3.63, 3.8) is 0 Å². The zero-order valence-corrected chi connectivity index (χ0v) is 8.47. The van der Waals surface area contributed by atoms with Gasteiger partial charge in [-0.25, -0.2) is 9.97 Å². The maximum Gasteiger partial charge on any atom is 0.304 e. The fourth-order valence-electron chi connectivity index (χ4n) is 2.00. The van der Waals surface area contributed by atoms with Crippen LogP contribution in [0.5, 0.6) is 0 Å². The Kier molecular flexibility index (Phi) is 2.94. The summed E-state index contributed by atoms with van der Waals surface area (Å²) in [6.45, 7) is 0. The average Bonchev–Trinajstić information content (AvgIpc) is 2.15. The molecule has 0 saturated heterocycles. The van der Waals surface area contributed by atoms with E-state index in [-0.39, 0.29) is 12.3 Å². The van der Waals surface area contributed by atoms with Gasteiger partial charge in [0.25, 0.3) is 0 Å². The number of carbonyl (C=O) groups is 1. The second kappa shape index (κ2) is 4.38. The number of nitrogens with zero attached hydrogens (tertiary/aromatic N) is 2. The van der Waals surface area contributed by atoms with Crippen molar-refractivity contribution in [3.8, 4) is 0 Å². The molecular formula is C11H14N2O2. The highest BCUT2D eigenvalue weighted by molar-refractivity contribution is 5.67. The lowest BCUT2D eigenvalue weighted by Crippen LogP contribution is -2.24. The number of rotatable bonds is 4. The Morgan fingerprint density at radius 3 is 2.60 bits per heavy atom. The van der Waals surface area contributed by atoms with Gasteiger partial charge < -0.3 is 5.11 Å². The van der Waals surface area contributed by atoms with Crippen molar-refractivity contribution in [1.29, 1.82) is 0 Å². The quantitative estimate of drug-likeness (QED) is 0.816. The predicted molar refractivity (Wildman–Crippen MR) is 54.4 cm³/mol. The monoisotopic (exact) mass is 206 g/mol. The smallest absolute Gasteiger partial charge is 0.304 e. The highest BCUT2D eigenvalue weighted by Crippen LogP contribution is 2.39. The zero-order chi connectivity index (χ0) is 10.7. The molecule has 1 atom stereocenters. The van der Waals surface area contributed by atoms with Crippen molar-refractivity contribution >= 4 is 5.97 Å². The summed E-state index contributed by atoms with van der Waals surface area (Å²) in [5.41, 5.74) is 0. The van der Waals surface area contributed by atoms with Crippen LogP contribution in [0.3, 0.4) is 0 Å². The third kappa shape index (κ3) is 2.32. The first kappa shape index (κ1) is 10.1. The fraction of sp³-hybridized carbons (Fsp3) is 0.545. The van der Waals surface area contributed by atoms with Crippen molar-refractivity contribution in [2.75, 3.05) is 0 Å². The summed E-state index contributed by atoms with van der Waals surface area (Å²) in [4.78, 5) is 19.1. The highest BCUT2D eigenvalue weighted by Gasteiger charge is 2.31. The Hall–Kier alpha value is -1.45. The molecular weight excluding hydrogens is 192 g/mol. The lowest BCUT2D eigenvalue weighted by atomic mass is 9.74. The molecule has 80 valence electrons. The van der Waals surface area contributed by atoms with Crippen molar-refractivity contribution < 1.29 is 9.90 Å². The van der Waals surface area contributed by atoms with Crippen LogP contribution in [0.15, 0.2) is 18.5 Å². The van der Waals surface area contributed by atoms with Crippen molar-refractivity contribution in [1.82, 2.24) is 9.97 Å². The summed E-state index contributed by atoms with van der Waals surface area (Å²) in [6, 6.07) is 1.75. The molecule has 1 aliphatic rings. The van der Waals surface area contributed by atoms with Gasteiger partial charge in [0.15, 0.2) is 0 Å². The molecule has 1 N–H and O–H groups in total. The number of carboxylic acids is 1. The van der Waals surface area contributed by atoms with E-state index >= 15 is 0 Å². The van der Waals surface area contributed by atoms with Gasteiger partial charge in [-0.3, -0.25) is 4.79 Å². The fourth-order valence-corrected chi connectivity index (χ4v) is 2.00. The second-order valence-corrected chi connectivity index (χ2v) is 4.00. The minimum absolute atomic E-state index is 0.00236. The van der Waals surface area contributed by atoms with Gasteiger partial charge >= 0.3 is 5.97 Å². The van der Waals surface area contributed by atoms with Crippen molar-refractivity contribution in [2.24, 2.45) is 5.92 Å². The lowest BCUT2D eigenvalue weighted by Gasteiger charge is -2.31. The standard InChI is InChI=1S/C11H14N2O2/c14-10(15)7-9(8-3-1-4-8)11-12-5-2-6-13-11/h2,5-6,8-9H,1,3-4,7H2,(H,14,15). The van der Waals surface area contributed by atoms with Crippen molar-refractivity contribution in [2.45, 2.75) is 31.6 Å². The molecule has 0 radical (unpaired) electrons. The molecule has 1 aromatic heterocycles. The first-order valence-corrected chi connectivity index (χ1v) is 5.26. The van der Waals surface area contributed by atoms with E-state index in [0.29, 0.717) is 11.7 Å². The average molecular weight is 206 g/mol. The van der Waals surface area contributed by atoms with Gasteiger partial charge in [-0.1, -0.05) is 6.42 Å². The number of hydrogen-bond donors (Lipinski definition) is 1. The van der Waals surface area contributed by atoms with E-state index < -0.39 is 5.97 Å². The van der Waals surface area contributed by atoms with Crippen LogP contribution >= 0.6 is 0 Å². The molecule has 0 aliphatic heterocycles. The molecule has 1 fully saturated rings. The van der Waals surface area contributed by atoms with Crippen LogP contribution in [-0.2, 0) is 4.79 Å². The number of carboxylic acid groups (broad SMARTS) is 1. The summed E-state index contributed by atoms with van der Waals surface area (Å²) < 4.78 is 0. The normalized spacial score (nSPS) is 18.1. The van der Waals surface area contributed by atoms with E-state index in [1.54, 1.807) is 18.5 Å². The highest BCUT2D eigenvalue weighted by atomic mass is 16.4. The third-order valence-corrected chi connectivity index (χ3v) is 3.03. The van der Waals surface area contributed by atoms with E-state index in [2.05, 4.69) is 9.97 Å². The van der Waals surface area contributed by atoms with Gasteiger partial charge in [0, 0.05) is 18.3 Å². The van der Waals surface area contributed by atoms with Crippen LogP contribution in [0.2, 0.25) is 0 Å². The molecule has 2 rings (SSSR count).